The molecule has 0 aliphatic rings. The summed E-state index contributed by atoms with van der Waals surface area (Å²) in [6.07, 6.45) is 0.417. The molecule has 1 aromatic carbocycles. The minimum Gasteiger partial charge on any atom is -0.491 e. The molecule has 1 rings (SSSR count). The first-order valence-electron chi connectivity index (χ1n) is 5.37. The zero-order valence-electron chi connectivity index (χ0n) is 9.48. The van der Waals surface area contributed by atoms with Gasteiger partial charge in [-0.25, -0.2) is 0 Å². The van der Waals surface area contributed by atoms with Crippen LogP contribution in [0.5, 0.6) is 5.75 Å². The Morgan fingerprint density at radius 1 is 1.31 bits per heavy atom. The maximum absolute atomic E-state index is 7.26. The molecule has 1 aromatic rings. The van der Waals surface area contributed by atoms with E-state index in [1.54, 1.807) is 0 Å². The lowest BCUT2D eigenvalue weighted by molar-refractivity contribution is 0.0681. The van der Waals surface area contributed by atoms with Crippen LogP contribution in [-0.4, -0.2) is 25.2 Å². The summed E-state index contributed by atoms with van der Waals surface area (Å²) in [5.74, 6) is 0.893. The average Bonchev–Trinajstić information content (AvgIpc) is 2.30. The van der Waals surface area contributed by atoms with Crippen molar-refractivity contribution < 1.29 is 9.47 Å². The van der Waals surface area contributed by atoms with E-state index in [0.717, 1.165) is 5.75 Å². The third kappa shape index (κ3) is 4.31. The third-order valence-electron chi connectivity index (χ3n) is 2.13. The van der Waals surface area contributed by atoms with Gasteiger partial charge in [0.2, 0.25) is 0 Å². The maximum Gasteiger partial charge on any atom is 0.120 e. The highest BCUT2D eigenvalue weighted by Crippen LogP contribution is 2.08. The van der Waals surface area contributed by atoms with Gasteiger partial charge in [0.05, 0.1) is 6.61 Å². The van der Waals surface area contributed by atoms with E-state index in [2.05, 4.69) is 0 Å². The largest absolute Gasteiger partial charge is 0.491 e. The van der Waals surface area contributed by atoms with E-state index in [-0.39, 0.29) is 11.9 Å². The minimum atomic E-state index is -0.292. The van der Waals surface area contributed by atoms with Gasteiger partial charge in [0.15, 0.2) is 0 Å². The van der Waals surface area contributed by atoms with Gasteiger partial charge >= 0.3 is 0 Å². The first-order chi connectivity index (χ1) is 7.74. The summed E-state index contributed by atoms with van der Waals surface area (Å²) in [6.45, 7) is 2.84. The van der Waals surface area contributed by atoms with Gasteiger partial charge in [-0.15, -0.1) is 0 Å². The Bertz CT molecular complexity index is 314. The predicted octanol–water partition coefficient (Wildman–Crippen LogP) is 1.80. The highest BCUT2D eigenvalue weighted by molar-refractivity contribution is 5.81. The van der Waals surface area contributed by atoms with E-state index in [1.807, 2.05) is 37.3 Å². The summed E-state index contributed by atoms with van der Waals surface area (Å²) >= 11 is 0. The van der Waals surface area contributed by atoms with Crippen LogP contribution in [0, 0.1) is 5.41 Å². The summed E-state index contributed by atoms with van der Waals surface area (Å²) < 4.78 is 10.8. The van der Waals surface area contributed by atoms with E-state index in [9.17, 15) is 0 Å². The molecule has 16 heavy (non-hydrogen) atoms. The van der Waals surface area contributed by atoms with E-state index in [4.69, 9.17) is 20.6 Å². The number of para-hydroxylation sites is 1. The Balaban J connectivity index is 2.19. The van der Waals surface area contributed by atoms with Crippen molar-refractivity contribution >= 4 is 5.84 Å². The number of nitrogens with two attached hydrogens (primary N) is 1. The molecular weight excluding hydrogens is 204 g/mol. The molecule has 0 aliphatic carbocycles. The Hall–Kier alpha value is -1.55. The molecule has 88 valence electrons. The molecule has 0 aliphatic heterocycles. The molecule has 0 fully saturated rings. The molecule has 0 radical (unpaired) electrons. The van der Waals surface area contributed by atoms with Crippen LogP contribution < -0.4 is 10.5 Å². The number of benzene rings is 1. The molecular formula is C12H18N2O2. The molecule has 1 atom stereocenters. The number of hydrogen-bond acceptors (Lipinski definition) is 3. The quantitative estimate of drug-likeness (QED) is 0.420. The van der Waals surface area contributed by atoms with Crippen LogP contribution in [0.1, 0.15) is 13.3 Å². The van der Waals surface area contributed by atoms with Crippen molar-refractivity contribution in [3.63, 3.8) is 0 Å². The van der Waals surface area contributed by atoms with E-state index < -0.39 is 0 Å². The average molecular weight is 222 g/mol. The third-order valence-corrected chi connectivity index (χ3v) is 2.13. The fraction of sp³-hybridized carbons (Fsp3) is 0.417. The first kappa shape index (κ1) is 12.5. The summed E-state index contributed by atoms with van der Waals surface area (Å²) in [7, 11) is 0. The predicted molar refractivity (Wildman–Crippen MR) is 63.9 cm³/mol. The van der Waals surface area contributed by atoms with Gasteiger partial charge in [-0.2, -0.15) is 0 Å². The van der Waals surface area contributed by atoms with Crippen LogP contribution in [0.4, 0.5) is 0 Å². The van der Waals surface area contributed by atoms with Crippen molar-refractivity contribution in [2.75, 3.05) is 13.2 Å². The Kier molecular flexibility index (Phi) is 5.36. The number of rotatable bonds is 7. The Morgan fingerprint density at radius 3 is 2.56 bits per heavy atom. The van der Waals surface area contributed by atoms with Crippen LogP contribution in [0.15, 0.2) is 30.3 Å². The van der Waals surface area contributed by atoms with Crippen LogP contribution in [0.3, 0.4) is 0 Å². The molecule has 0 bridgehead atoms. The van der Waals surface area contributed by atoms with Gasteiger partial charge in [0.1, 0.15) is 24.3 Å². The number of ether oxygens (including phenoxy) is 2. The summed E-state index contributed by atoms with van der Waals surface area (Å²) in [5, 5.41) is 7.26. The van der Waals surface area contributed by atoms with Crippen LogP contribution in [0.2, 0.25) is 0 Å². The number of amidine groups is 1. The summed E-state index contributed by atoms with van der Waals surface area (Å²) in [4.78, 5) is 0. The molecule has 0 spiro atoms. The Labute approximate surface area is 95.9 Å². The molecule has 4 heteroatoms. The van der Waals surface area contributed by atoms with Crippen molar-refractivity contribution in [3.8, 4) is 5.75 Å². The highest BCUT2D eigenvalue weighted by atomic mass is 16.5. The van der Waals surface area contributed by atoms with Crippen LogP contribution in [-0.2, 0) is 4.74 Å². The molecule has 0 saturated heterocycles. The van der Waals surface area contributed by atoms with Crippen molar-refractivity contribution in [1.82, 2.24) is 0 Å². The molecule has 0 aromatic heterocycles. The van der Waals surface area contributed by atoms with E-state index in [0.29, 0.717) is 19.6 Å². The maximum atomic E-state index is 7.26. The second-order valence-electron chi connectivity index (χ2n) is 3.38. The molecule has 1 unspecified atom stereocenters. The van der Waals surface area contributed by atoms with Gasteiger partial charge in [-0.1, -0.05) is 25.1 Å². The fourth-order valence-corrected chi connectivity index (χ4v) is 1.29. The summed E-state index contributed by atoms with van der Waals surface area (Å²) in [6, 6.07) is 9.55. The van der Waals surface area contributed by atoms with Crippen molar-refractivity contribution in [2.24, 2.45) is 5.73 Å². The van der Waals surface area contributed by atoms with Gasteiger partial charge in [-0.05, 0) is 18.6 Å². The van der Waals surface area contributed by atoms with Gasteiger partial charge in [0, 0.05) is 0 Å². The monoisotopic (exact) mass is 222 g/mol. The molecule has 0 saturated carbocycles. The van der Waals surface area contributed by atoms with Crippen molar-refractivity contribution in [2.45, 2.75) is 19.4 Å². The number of nitrogens with one attached hydrogen (secondary N) is 1. The second kappa shape index (κ2) is 6.85. The zero-order valence-corrected chi connectivity index (χ0v) is 9.48. The summed E-state index contributed by atoms with van der Waals surface area (Å²) in [5.41, 5.74) is 5.36. The van der Waals surface area contributed by atoms with Crippen LogP contribution in [0.25, 0.3) is 0 Å². The zero-order chi connectivity index (χ0) is 11.8. The molecule has 0 heterocycles. The lowest BCUT2D eigenvalue weighted by Crippen LogP contribution is -2.31. The SMILES string of the molecule is CCC(OCCOc1ccccc1)C(=N)N. The Morgan fingerprint density at radius 2 is 2.00 bits per heavy atom. The lowest BCUT2D eigenvalue weighted by atomic mass is 10.2. The molecule has 0 amide bonds. The van der Waals surface area contributed by atoms with Crippen molar-refractivity contribution in [3.05, 3.63) is 30.3 Å². The van der Waals surface area contributed by atoms with Crippen molar-refractivity contribution in [1.29, 1.82) is 5.41 Å². The van der Waals surface area contributed by atoms with Gasteiger partial charge in [-0.3, -0.25) is 5.41 Å². The first-order valence-corrected chi connectivity index (χ1v) is 5.37. The second-order valence-corrected chi connectivity index (χ2v) is 3.38. The number of hydrogen-bond donors (Lipinski definition) is 2. The van der Waals surface area contributed by atoms with Gasteiger partial charge in [0.25, 0.3) is 0 Å². The molecule has 3 N–H and O–H groups in total. The highest BCUT2D eigenvalue weighted by Gasteiger charge is 2.08. The van der Waals surface area contributed by atoms with Gasteiger partial charge < -0.3 is 15.2 Å². The fourth-order valence-electron chi connectivity index (χ4n) is 1.29. The van der Waals surface area contributed by atoms with E-state index >= 15 is 0 Å². The standard InChI is InChI=1S/C12H18N2O2/c1-2-11(12(13)14)16-9-8-15-10-6-4-3-5-7-10/h3-7,11H,2,8-9H2,1H3,(H3,13,14). The minimum absolute atomic E-state index is 0.0715. The lowest BCUT2D eigenvalue weighted by Gasteiger charge is -2.14. The van der Waals surface area contributed by atoms with E-state index in [1.165, 1.54) is 0 Å². The van der Waals surface area contributed by atoms with Crippen LogP contribution >= 0.6 is 0 Å². The normalized spacial score (nSPS) is 12.1. The molecule has 4 nitrogen and oxygen atoms in total. The smallest absolute Gasteiger partial charge is 0.120 e. The topological polar surface area (TPSA) is 68.3 Å².